The molecule has 86 valence electrons. The molecule has 1 rings (SSSR count). The zero-order chi connectivity index (χ0) is 11.6. The van der Waals surface area contributed by atoms with Crippen molar-refractivity contribution in [1.82, 2.24) is 9.80 Å². The molecule has 1 heterocycles. The molecule has 2 atom stereocenters. The van der Waals surface area contributed by atoms with Crippen molar-refractivity contribution in [1.29, 1.82) is 0 Å². The molecular weight excluding hydrogens is 192 g/mol. The van der Waals surface area contributed by atoms with E-state index < -0.39 is 0 Å². The number of carbonyl (C=O) groups is 2. The number of amides is 2. The monoisotopic (exact) mass is 212 g/mol. The van der Waals surface area contributed by atoms with Crippen molar-refractivity contribution in [2.45, 2.75) is 45.2 Å². The van der Waals surface area contributed by atoms with Crippen molar-refractivity contribution in [2.75, 3.05) is 14.1 Å². The summed E-state index contributed by atoms with van der Waals surface area (Å²) in [6.07, 6.45) is 2.20. The summed E-state index contributed by atoms with van der Waals surface area (Å²) in [7, 11) is 3.47. The minimum absolute atomic E-state index is 0.0427. The van der Waals surface area contributed by atoms with E-state index in [1.54, 1.807) is 23.9 Å². The number of hydrogen-bond acceptors (Lipinski definition) is 2. The number of likely N-dealkylation sites (tertiary alicyclic amines) is 1. The Morgan fingerprint density at radius 3 is 2.40 bits per heavy atom. The molecule has 2 amide bonds. The molecule has 0 aromatic carbocycles. The van der Waals surface area contributed by atoms with Crippen molar-refractivity contribution in [3.8, 4) is 0 Å². The van der Waals surface area contributed by atoms with Crippen molar-refractivity contribution in [3.63, 3.8) is 0 Å². The van der Waals surface area contributed by atoms with E-state index in [-0.39, 0.29) is 23.9 Å². The van der Waals surface area contributed by atoms with Crippen LogP contribution in [0.15, 0.2) is 0 Å². The van der Waals surface area contributed by atoms with Gasteiger partial charge in [-0.05, 0) is 19.8 Å². The number of rotatable bonds is 2. The summed E-state index contributed by atoms with van der Waals surface area (Å²) in [6.45, 7) is 3.85. The van der Waals surface area contributed by atoms with Crippen molar-refractivity contribution in [3.05, 3.63) is 0 Å². The Morgan fingerprint density at radius 2 is 1.93 bits per heavy atom. The zero-order valence-corrected chi connectivity index (χ0v) is 9.99. The van der Waals surface area contributed by atoms with Gasteiger partial charge >= 0.3 is 0 Å². The fourth-order valence-corrected chi connectivity index (χ4v) is 2.13. The second-order valence-electron chi connectivity index (χ2n) is 4.33. The molecular formula is C11H20N2O2. The van der Waals surface area contributed by atoms with E-state index in [2.05, 4.69) is 0 Å². The highest BCUT2D eigenvalue weighted by Crippen LogP contribution is 2.25. The first-order valence-corrected chi connectivity index (χ1v) is 5.51. The molecule has 0 saturated carbocycles. The first kappa shape index (κ1) is 12.0. The topological polar surface area (TPSA) is 40.6 Å². The second-order valence-corrected chi connectivity index (χ2v) is 4.33. The van der Waals surface area contributed by atoms with Crippen LogP contribution in [0.5, 0.6) is 0 Å². The van der Waals surface area contributed by atoms with Crippen LogP contribution in [0.4, 0.5) is 0 Å². The molecule has 0 aromatic heterocycles. The molecule has 0 radical (unpaired) electrons. The standard InChI is InChI=1S/C11H20N2O2/c1-5-10(14)13-8(2)6-7-9(13)11(15)12(3)4/h8-9H,5-7H2,1-4H3. The zero-order valence-electron chi connectivity index (χ0n) is 9.99. The second kappa shape index (κ2) is 4.64. The van der Waals surface area contributed by atoms with Crippen LogP contribution in [0.2, 0.25) is 0 Å². The van der Waals surface area contributed by atoms with Gasteiger partial charge < -0.3 is 9.80 Å². The van der Waals surface area contributed by atoms with Crippen LogP contribution in [0, 0.1) is 0 Å². The Balaban J connectivity index is 2.80. The van der Waals surface area contributed by atoms with Crippen molar-refractivity contribution >= 4 is 11.8 Å². The summed E-state index contributed by atoms with van der Waals surface area (Å²) in [5, 5.41) is 0. The fourth-order valence-electron chi connectivity index (χ4n) is 2.13. The van der Waals surface area contributed by atoms with Gasteiger partial charge in [0, 0.05) is 26.6 Å². The molecule has 0 N–H and O–H groups in total. The molecule has 15 heavy (non-hydrogen) atoms. The Morgan fingerprint density at radius 1 is 1.33 bits per heavy atom. The molecule has 1 saturated heterocycles. The third-order valence-corrected chi connectivity index (χ3v) is 2.98. The maximum atomic E-state index is 11.9. The summed E-state index contributed by atoms with van der Waals surface area (Å²) in [5.74, 6) is 0.126. The molecule has 1 aliphatic rings. The largest absolute Gasteiger partial charge is 0.347 e. The lowest BCUT2D eigenvalue weighted by Gasteiger charge is -2.29. The van der Waals surface area contributed by atoms with Crippen LogP contribution in [0.1, 0.15) is 33.1 Å². The Labute approximate surface area is 91.2 Å². The van der Waals surface area contributed by atoms with E-state index in [9.17, 15) is 9.59 Å². The fraction of sp³-hybridized carbons (Fsp3) is 0.818. The number of hydrogen-bond donors (Lipinski definition) is 0. The molecule has 4 nitrogen and oxygen atoms in total. The minimum Gasteiger partial charge on any atom is -0.347 e. The van der Waals surface area contributed by atoms with Crippen LogP contribution in [0.25, 0.3) is 0 Å². The SMILES string of the molecule is CCC(=O)N1C(C)CCC1C(=O)N(C)C. The average Bonchev–Trinajstić information content (AvgIpc) is 2.57. The normalized spacial score (nSPS) is 25.5. The number of likely N-dealkylation sites (N-methyl/N-ethyl adjacent to an activating group) is 1. The van der Waals surface area contributed by atoms with Gasteiger partial charge in [0.1, 0.15) is 6.04 Å². The maximum Gasteiger partial charge on any atom is 0.244 e. The highest BCUT2D eigenvalue weighted by Gasteiger charge is 2.38. The van der Waals surface area contributed by atoms with Crippen LogP contribution < -0.4 is 0 Å². The predicted octanol–water partition coefficient (Wildman–Crippen LogP) is 0.864. The summed E-state index contributed by atoms with van der Waals surface area (Å²) >= 11 is 0. The van der Waals surface area contributed by atoms with Crippen LogP contribution in [0.3, 0.4) is 0 Å². The van der Waals surface area contributed by atoms with Crippen LogP contribution >= 0.6 is 0 Å². The lowest BCUT2D eigenvalue weighted by molar-refractivity contribution is -0.143. The Kier molecular flexibility index (Phi) is 3.72. The summed E-state index contributed by atoms with van der Waals surface area (Å²) < 4.78 is 0. The molecule has 0 bridgehead atoms. The molecule has 4 heteroatoms. The number of carbonyl (C=O) groups excluding carboxylic acids is 2. The van der Waals surface area contributed by atoms with Crippen molar-refractivity contribution in [2.24, 2.45) is 0 Å². The molecule has 0 aromatic rings. The van der Waals surface area contributed by atoms with Gasteiger partial charge in [-0.1, -0.05) is 6.92 Å². The summed E-state index contributed by atoms with van der Waals surface area (Å²) in [6, 6.07) is -0.0335. The summed E-state index contributed by atoms with van der Waals surface area (Å²) in [4.78, 5) is 26.9. The average molecular weight is 212 g/mol. The van der Waals surface area contributed by atoms with Gasteiger partial charge in [0.05, 0.1) is 0 Å². The molecule has 0 spiro atoms. The van der Waals surface area contributed by atoms with Gasteiger partial charge in [-0.15, -0.1) is 0 Å². The molecule has 1 fully saturated rings. The van der Waals surface area contributed by atoms with Gasteiger partial charge in [-0.3, -0.25) is 9.59 Å². The van der Waals surface area contributed by atoms with Crippen LogP contribution in [-0.4, -0.2) is 47.8 Å². The van der Waals surface area contributed by atoms with Crippen molar-refractivity contribution < 1.29 is 9.59 Å². The van der Waals surface area contributed by atoms with Crippen LogP contribution in [-0.2, 0) is 9.59 Å². The lowest BCUT2D eigenvalue weighted by atomic mass is 10.2. The molecule has 0 aliphatic carbocycles. The minimum atomic E-state index is -0.234. The summed E-state index contributed by atoms with van der Waals surface area (Å²) in [5.41, 5.74) is 0. The lowest BCUT2D eigenvalue weighted by Crippen LogP contribution is -2.47. The van der Waals surface area contributed by atoms with Gasteiger partial charge in [0.25, 0.3) is 0 Å². The van der Waals surface area contributed by atoms with E-state index in [1.165, 1.54) is 0 Å². The van der Waals surface area contributed by atoms with E-state index >= 15 is 0 Å². The van der Waals surface area contributed by atoms with Gasteiger partial charge in [0.15, 0.2) is 0 Å². The molecule has 1 aliphatic heterocycles. The molecule has 2 unspecified atom stereocenters. The Bertz CT molecular complexity index is 263. The smallest absolute Gasteiger partial charge is 0.244 e. The van der Waals surface area contributed by atoms with E-state index in [1.807, 2.05) is 13.8 Å². The highest BCUT2D eigenvalue weighted by atomic mass is 16.2. The Hall–Kier alpha value is -1.06. The quantitative estimate of drug-likeness (QED) is 0.681. The number of nitrogens with zero attached hydrogens (tertiary/aromatic N) is 2. The highest BCUT2D eigenvalue weighted by molar-refractivity contribution is 5.88. The van der Waals surface area contributed by atoms with Gasteiger partial charge in [0.2, 0.25) is 11.8 Å². The first-order chi connectivity index (χ1) is 6.99. The third kappa shape index (κ3) is 2.30. The van der Waals surface area contributed by atoms with Gasteiger partial charge in [-0.25, -0.2) is 0 Å². The van der Waals surface area contributed by atoms with E-state index in [0.29, 0.717) is 6.42 Å². The van der Waals surface area contributed by atoms with E-state index in [0.717, 1.165) is 12.8 Å². The predicted molar refractivity (Wildman–Crippen MR) is 58.3 cm³/mol. The first-order valence-electron chi connectivity index (χ1n) is 5.51. The third-order valence-electron chi connectivity index (χ3n) is 2.98. The van der Waals surface area contributed by atoms with Gasteiger partial charge in [-0.2, -0.15) is 0 Å². The van der Waals surface area contributed by atoms with E-state index in [4.69, 9.17) is 0 Å². The maximum absolute atomic E-state index is 11.9.